The molecule has 1 aromatic rings. The molecule has 16 heavy (non-hydrogen) atoms. The molecule has 0 bridgehead atoms. The summed E-state index contributed by atoms with van der Waals surface area (Å²) in [5.74, 6) is 0. The van der Waals surface area contributed by atoms with E-state index in [2.05, 4.69) is 43.4 Å². The fourth-order valence-electron chi connectivity index (χ4n) is 1.65. The Morgan fingerprint density at radius 1 is 1.25 bits per heavy atom. The fraction of sp³-hybridized carbons (Fsp3) is 0.571. The van der Waals surface area contributed by atoms with Gasteiger partial charge in [-0.15, -0.1) is 0 Å². The van der Waals surface area contributed by atoms with E-state index >= 15 is 0 Å². The Balaban J connectivity index is 2.20. The standard InChI is InChI=1S/C14H23NO/c1-12-4-7-14(8-5-12)9-6-13(2)15-10-11-16-3/h4-5,7-8,13,15H,6,9-11H2,1-3H3. The van der Waals surface area contributed by atoms with Gasteiger partial charge in [0.25, 0.3) is 0 Å². The van der Waals surface area contributed by atoms with Gasteiger partial charge in [-0.1, -0.05) is 29.8 Å². The summed E-state index contributed by atoms with van der Waals surface area (Å²) in [7, 11) is 1.73. The Morgan fingerprint density at radius 3 is 2.56 bits per heavy atom. The Bertz CT molecular complexity index is 281. The van der Waals surface area contributed by atoms with Crippen LogP contribution in [0.3, 0.4) is 0 Å². The zero-order valence-corrected chi connectivity index (χ0v) is 10.6. The fourth-order valence-corrected chi connectivity index (χ4v) is 1.65. The smallest absolute Gasteiger partial charge is 0.0587 e. The van der Waals surface area contributed by atoms with Gasteiger partial charge in [0.2, 0.25) is 0 Å². The van der Waals surface area contributed by atoms with Crippen molar-refractivity contribution < 1.29 is 4.74 Å². The van der Waals surface area contributed by atoms with Gasteiger partial charge < -0.3 is 10.1 Å². The second-order valence-electron chi connectivity index (χ2n) is 4.37. The van der Waals surface area contributed by atoms with Gasteiger partial charge in [0.1, 0.15) is 0 Å². The molecule has 1 rings (SSSR count). The Kier molecular flexibility index (Phi) is 6.12. The zero-order chi connectivity index (χ0) is 11.8. The molecule has 0 amide bonds. The summed E-state index contributed by atoms with van der Waals surface area (Å²) < 4.78 is 5.01. The van der Waals surface area contributed by atoms with Crippen molar-refractivity contribution in [1.82, 2.24) is 5.32 Å². The van der Waals surface area contributed by atoms with Gasteiger partial charge in [-0.3, -0.25) is 0 Å². The number of nitrogens with one attached hydrogen (secondary N) is 1. The average Bonchev–Trinajstić information content (AvgIpc) is 2.29. The monoisotopic (exact) mass is 221 g/mol. The molecule has 0 aromatic heterocycles. The van der Waals surface area contributed by atoms with Crippen molar-refractivity contribution in [3.63, 3.8) is 0 Å². The summed E-state index contributed by atoms with van der Waals surface area (Å²) in [4.78, 5) is 0. The Morgan fingerprint density at radius 2 is 1.94 bits per heavy atom. The maximum absolute atomic E-state index is 5.01. The van der Waals surface area contributed by atoms with Crippen molar-refractivity contribution in [2.24, 2.45) is 0 Å². The van der Waals surface area contributed by atoms with Crippen LogP contribution in [0.1, 0.15) is 24.5 Å². The van der Waals surface area contributed by atoms with E-state index in [1.54, 1.807) is 7.11 Å². The van der Waals surface area contributed by atoms with Crippen LogP contribution in [0.25, 0.3) is 0 Å². The van der Waals surface area contributed by atoms with E-state index < -0.39 is 0 Å². The molecular formula is C14H23NO. The highest BCUT2D eigenvalue weighted by atomic mass is 16.5. The summed E-state index contributed by atoms with van der Waals surface area (Å²) in [6.07, 6.45) is 2.31. The van der Waals surface area contributed by atoms with E-state index in [-0.39, 0.29) is 0 Å². The van der Waals surface area contributed by atoms with Crippen LogP contribution in [0.2, 0.25) is 0 Å². The predicted molar refractivity (Wildman–Crippen MR) is 68.8 cm³/mol. The molecule has 0 spiro atoms. The van der Waals surface area contributed by atoms with E-state index in [0.717, 1.165) is 19.6 Å². The summed E-state index contributed by atoms with van der Waals surface area (Å²) in [5.41, 5.74) is 2.75. The van der Waals surface area contributed by atoms with Crippen molar-refractivity contribution in [3.8, 4) is 0 Å². The minimum absolute atomic E-state index is 0.552. The van der Waals surface area contributed by atoms with Crippen LogP contribution in [-0.4, -0.2) is 26.3 Å². The van der Waals surface area contributed by atoms with Gasteiger partial charge in [-0.2, -0.15) is 0 Å². The normalized spacial score (nSPS) is 12.7. The third-order valence-electron chi connectivity index (χ3n) is 2.79. The summed E-state index contributed by atoms with van der Waals surface area (Å²) in [6, 6.07) is 9.35. The molecule has 90 valence electrons. The summed E-state index contributed by atoms with van der Waals surface area (Å²) in [5, 5.41) is 3.44. The number of hydrogen-bond donors (Lipinski definition) is 1. The molecule has 0 radical (unpaired) electrons. The van der Waals surface area contributed by atoms with Crippen molar-refractivity contribution in [2.45, 2.75) is 32.7 Å². The molecule has 0 saturated carbocycles. The molecular weight excluding hydrogens is 198 g/mol. The number of rotatable bonds is 7. The average molecular weight is 221 g/mol. The highest BCUT2D eigenvalue weighted by molar-refractivity contribution is 5.21. The van der Waals surface area contributed by atoms with Crippen LogP contribution in [0.4, 0.5) is 0 Å². The first-order valence-electron chi connectivity index (χ1n) is 6.00. The van der Waals surface area contributed by atoms with Gasteiger partial charge in [0, 0.05) is 19.7 Å². The topological polar surface area (TPSA) is 21.3 Å². The lowest BCUT2D eigenvalue weighted by atomic mass is 10.0. The lowest BCUT2D eigenvalue weighted by Gasteiger charge is -2.13. The number of hydrogen-bond acceptors (Lipinski definition) is 2. The number of methoxy groups -OCH3 is 1. The summed E-state index contributed by atoms with van der Waals surface area (Å²) in [6.45, 7) is 6.07. The third kappa shape index (κ3) is 5.29. The lowest BCUT2D eigenvalue weighted by molar-refractivity contribution is 0.196. The van der Waals surface area contributed by atoms with Crippen LogP contribution < -0.4 is 5.32 Å². The third-order valence-corrected chi connectivity index (χ3v) is 2.79. The van der Waals surface area contributed by atoms with Crippen LogP contribution in [0.5, 0.6) is 0 Å². The van der Waals surface area contributed by atoms with Gasteiger partial charge in [0.15, 0.2) is 0 Å². The molecule has 1 unspecified atom stereocenters. The molecule has 0 saturated heterocycles. The van der Waals surface area contributed by atoms with Gasteiger partial charge >= 0.3 is 0 Å². The highest BCUT2D eigenvalue weighted by Gasteiger charge is 2.01. The molecule has 0 aliphatic rings. The molecule has 0 fully saturated rings. The quantitative estimate of drug-likeness (QED) is 0.714. The molecule has 0 aliphatic heterocycles. The first-order valence-corrected chi connectivity index (χ1v) is 6.00. The lowest BCUT2D eigenvalue weighted by Crippen LogP contribution is -2.29. The maximum Gasteiger partial charge on any atom is 0.0587 e. The Hall–Kier alpha value is -0.860. The van der Waals surface area contributed by atoms with Crippen LogP contribution in [0, 0.1) is 6.92 Å². The number of benzene rings is 1. The molecule has 2 nitrogen and oxygen atoms in total. The van der Waals surface area contributed by atoms with E-state index in [1.807, 2.05) is 0 Å². The van der Waals surface area contributed by atoms with Gasteiger partial charge in [-0.05, 0) is 32.3 Å². The largest absolute Gasteiger partial charge is 0.383 e. The Labute approximate surface area is 99.0 Å². The molecule has 0 heterocycles. The summed E-state index contributed by atoms with van der Waals surface area (Å²) >= 11 is 0. The van der Waals surface area contributed by atoms with E-state index in [9.17, 15) is 0 Å². The first-order chi connectivity index (χ1) is 7.72. The second-order valence-corrected chi connectivity index (χ2v) is 4.37. The SMILES string of the molecule is COCCNC(C)CCc1ccc(C)cc1. The predicted octanol–water partition coefficient (Wildman–Crippen LogP) is 2.55. The van der Waals surface area contributed by atoms with Crippen molar-refractivity contribution >= 4 is 0 Å². The van der Waals surface area contributed by atoms with E-state index in [1.165, 1.54) is 17.5 Å². The molecule has 2 heteroatoms. The minimum Gasteiger partial charge on any atom is -0.383 e. The van der Waals surface area contributed by atoms with E-state index in [4.69, 9.17) is 4.74 Å². The second kappa shape index (κ2) is 7.42. The first kappa shape index (κ1) is 13.2. The van der Waals surface area contributed by atoms with Crippen molar-refractivity contribution in [1.29, 1.82) is 0 Å². The number of aryl methyl sites for hydroxylation is 2. The van der Waals surface area contributed by atoms with Gasteiger partial charge in [-0.25, -0.2) is 0 Å². The van der Waals surface area contributed by atoms with Crippen LogP contribution in [-0.2, 0) is 11.2 Å². The molecule has 1 aromatic carbocycles. The van der Waals surface area contributed by atoms with Crippen molar-refractivity contribution in [3.05, 3.63) is 35.4 Å². The molecule has 1 atom stereocenters. The van der Waals surface area contributed by atoms with Gasteiger partial charge in [0.05, 0.1) is 6.61 Å². The highest BCUT2D eigenvalue weighted by Crippen LogP contribution is 2.07. The van der Waals surface area contributed by atoms with Crippen molar-refractivity contribution in [2.75, 3.05) is 20.3 Å². The maximum atomic E-state index is 5.01. The number of ether oxygens (including phenoxy) is 1. The van der Waals surface area contributed by atoms with E-state index in [0.29, 0.717) is 6.04 Å². The molecule has 1 N–H and O–H groups in total. The minimum atomic E-state index is 0.552. The van der Waals surface area contributed by atoms with Crippen LogP contribution in [0.15, 0.2) is 24.3 Å². The zero-order valence-electron chi connectivity index (χ0n) is 10.6. The molecule has 0 aliphatic carbocycles. The van der Waals surface area contributed by atoms with Crippen LogP contribution >= 0.6 is 0 Å².